The first-order chi connectivity index (χ1) is 19.9. The second-order valence-electron chi connectivity index (χ2n) is 10.5. The van der Waals surface area contributed by atoms with E-state index in [9.17, 15) is 14.0 Å². The van der Waals surface area contributed by atoms with Crippen LogP contribution < -0.4 is 10.9 Å². The molecule has 0 spiro atoms. The van der Waals surface area contributed by atoms with Gasteiger partial charge in [-0.1, -0.05) is 59.5 Å². The quantitative estimate of drug-likeness (QED) is 0.207. The summed E-state index contributed by atoms with van der Waals surface area (Å²) < 4.78 is 17.8. The Bertz CT molecular complexity index is 1870. The first-order valence-corrected chi connectivity index (χ1v) is 14.6. The Labute approximate surface area is 244 Å². The van der Waals surface area contributed by atoms with Crippen LogP contribution in [0.25, 0.3) is 21.8 Å². The molecule has 1 amide bonds. The number of para-hydroxylation sites is 1. The average molecular weight is 615 g/mol. The summed E-state index contributed by atoms with van der Waals surface area (Å²) in [7, 11) is 0. The van der Waals surface area contributed by atoms with Crippen molar-refractivity contribution in [3.8, 4) is 0 Å². The summed E-state index contributed by atoms with van der Waals surface area (Å²) >= 11 is 3.48. The molecule has 0 saturated heterocycles. The Morgan fingerprint density at radius 1 is 1.07 bits per heavy atom. The highest BCUT2D eigenvalue weighted by Gasteiger charge is 2.23. The van der Waals surface area contributed by atoms with Gasteiger partial charge in [-0.2, -0.15) is 9.78 Å². The molecule has 3 aromatic carbocycles. The minimum atomic E-state index is -0.415. The number of rotatable bonds is 6. The minimum Gasteiger partial charge on any atom is -0.335 e. The van der Waals surface area contributed by atoms with E-state index >= 15 is 0 Å². The molecule has 41 heavy (non-hydrogen) atoms. The SMILES string of the molecule is Cc1c(C=Nn2c(C3CCCCC3)nc3ccc(Br)cc3c2=O)c2ccccc2n1CC(=O)Nc1cccc(F)c1. The van der Waals surface area contributed by atoms with Crippen molar-refractivity contribution >= 4 is 55.5 Å². The van der Waals surface area contributed by atoms with Crippen LogP contribution in [-0.4, -0.2) is 26.3 Å². The van der Waals surface area contributed by atoms with Crippen molar-refractivity contribution in [2.75, 3.05) is 5.32 Å². The molecule has 9 heteroatoms. The van der Waals surface area contributed by atoms with Gasteiger partial charge in [0.2, 0.25) is 5.91 Å². The molecule has 6 rings (SSSR count). The highest BCUT2D eigenvalue weighted by atomic mass is 79.9. The van der Waals surface area contributed by atoms with E-state index in [1.807, 2.05) is 47.9 Å². The summed E-state index contributed by atoms with van der Waals surface area (Å²) in [6.07, 6.45) is 7.05. The molecule has 1 N–H and O–H groups in total. The molecule has 0 aliphatic heterocycles. The predicted molar refractivity (Wildman–Crippen MR) is 164 cm³/mol. The molecule has 1 fully saturated rings. The number of hydrogen-bond acceptors (Lipinski definition) is 4. The molecule has 5 aromatic rings. The standard InChI is InChI=1S/C32H29BrFN5O2/c1-20-27(25-12-5-6-13-29(25)38(20)19-30(40)36-24-11-7-10-23(34)17-24)18-35-39-31(21-8-3-2-4-9-21)37-28-15-14-22(33)16-26(28)32(39)41/h5-7,10-18,21H,2-4,8-9,19H2,1H3,(H,36,40). The van der Waals surface area contributed by atoms with Crippen LogP contribution in [0, 0.1) is 12.7 Å². The molecule has 1 aliphatic carbocycles. The number of nitrogens with one attached hydrogen (secondary N) is 1. The van der Waals surface area contributed by atoms with Crippen LogP contribution >= 0.6 is 15.9 Å². The Kier molecular flexibility index (Phi) is 7.53. The van der Waals surface area contributed by atoms with E-state index in [4.69, 9.17) is 10.1 Å². The number of carbonyl (C=O) groups is 1. The predicted octanol–water partition coefficient (Wildman–Crippen LogP) is 7.13. The van der Waals surface area contributed by atoms with Gasteiger partial charge in [-0.3, -0.25) is 9.59 Å². The molecule has 0 atom stereocenters. The number of halogens is 2. The monoisotopic (exact) mass is 613 g/mol. The normalized spacial score (nSPS) is 14.3. The van der Waals surface area contributed by atoms with Crippen LogP contribution in [0.15, 0.2) is 81.1 Å². The van der Waals surface area contributed by atoms with Crippen molar-refractivity contribution in [1.29, 1.82) is 0 Å². The van der Waals surface area contributed by atoms with Crippen LogP contribution in [0.2, 0.25) is 0 Å². The molecule has 1 aliphatic rings. The first kappa shape index (κ1) is 27.1. The number of carbonyl (C=O) groups excluding carboxylic acids is 1. The maximum Gasteiger partial charge on any atom is 0.282 e. The van der Waals surface area contributed by atoms with E-state index in [0.717, 1.165) is 52.3 Å². The van der Waals surface area contributed by atoms with Crippen molar-refractivity contribution in [1.82, 2.24) is 14.2 Å². The van der Waals surface area contributed by atoms with Gasteiger partial charge in [0.25, 0.3) is 5.56 Å². The second kappa shape index (κ2) is 11.4. The number of anilines is 1. The van der Waals surface area contributed by atoms with E-state index in [0.29, 0.717) is 22.4 Å². The van der Waals surface area contributed by atoms with Gasteiger partial charge in [-0.25, -0.2) is 9.37 Å². The third-order valence-corrected chi connectivity index (χ3v) is 8.29. The number of nitrogens with zero attached hydrogens (tertiary/aromatic N) is 4. The van der Waals surface area contributed by atoms with Crippen LogP contribution in [0.4, 0.5) is 10.1 Å². The highest BCUT2D eigenvalue weighted by Crippen LogP contribution is 2.32. The van der Waals surface area contributed by atoms with Gasteiger partial charge in [0, 0.05) is 38.2 Å². The summed E-state index contributed by atoms with van der Waals surface area (Å²) in [5.41, 5.74) is 3.37. The summed E-state index contributed by atoms with van der Waals surface area (Å²) in [6, 6.07) is 19.2. The maximum absolute atomic E-state index is 13.8. The molecular formula is C32H29BrFN5O2. The fraction of sp³-hybridized carbons (Fsp3) is 0.250. The van der Waals surface area contributed by atoms with Gasteiger partial charge < -0.3 is 9.88 Å². The Morgan fingerprint density at radius 3 is 2.68 bits per heavy atom. The molecule has 0 bridgehead atoms. The van der Waals surface area contributed by atoms with Crippen LogP contribution in [0.3, 0.4) is 0 Å². The molecule has 7 nitrogen and oxygen atoms in total. The van der Waals surface area contributed by atoms with Crippen molar-refractivity contribution < 1.29 is 9.18 Å². The van der Waals surface area contributed by atoms with Crippen LogP contribution in [-0.2, 0) is 11.3 Å². The lowest BCUT2D eigenvalue weighted by molar-refractivity contribution is -0.116. The number of aromatic nitrogens is 3. The first-order valence-electron chi connectivity index (χ1n) is 13.8. The summed E-state index contributed by atoms with van der Waals surface area (Å²) in [4.78, 5) is 31.6. The fourth-order valence-electron chi connectivity index (χ4n) is 5.75. The molecule has 1 saturated carbocycles. The van der Waals surface area contributed by atoms with Crippen molar-refractivity contribution in [3.63, 3.8) is 0 Å². The van der Waals surface area contributed by atoms with Gasteiger partial charge in [0.1, 0.15) is 18.2 Å². The van der Waals surface area contributed by atoms with Gasteiger partial charge in [0.15, 0.2) is 0 Å². The summed E-state index contributed by atoms with van der Waals surface area (Å²) in [5.74, 6) is 0.164. The average Bonchev–Trinajstić information content (AvgIpc) is 3.23. The van der Waals surface area contributed by atoms with Gasteiger partial charge in [0.05, 0.1) is 17.1 Å². The summed E-state index contributed by atoms with van der Waals surface area (Å²) in [5, 5.41) is 8.95. The zero-order valence-corrected chi connectivity index (χ0v) is 24.2. The van der Waals surface area contributed by atoms with E-state index in [2.05, 4.69) is 21.2 Å². The molecule has 208 valence electrons. The van der Waals surface area contributed by atoms with Crippen LogP contribution in [0.5, 0.6) is 0 Å². The van der Waals surface area contributed by atoms with Gasteiger partial charge >= 0.3 is 0 Å². The zero-order chi connectivity index (χ0) is 28.5. The molecule has 0 radical (unpaired) electrons. The molecule has 2 aromatic heterocycles. The molecule has 0 unspecified atom stereocenters. The lowest BCUT2D eigenvalue weighted by Crippen LogP contribution is -2.25. The van der Waals surface area contributed by atoms with Crippen LogP contribution in [0.1, 0.15) is 55.1 Å². The van der Waals surface area contributed by atoms with E-state index < -0.39 is 5.82 Å². The topological polar surface area (TPSA) is 81.3 Å². The lowest BCUT2D eigenvalue weighted by atomic mass is 9.88. The van der Waals surface area contributed by atoms with Crippen molar-refractivity contribution in [2.24, 2.45) is 5.10 Å². The number of hydrogen-bond donors (Lipinski definition) is 1. The van der Waals surface area contributed by atoms with Crippen molar-refractivity contribution in [2.45, 2.75) is 51.5 Å². The Balaban J connectivity index is 1.41. The molecule has 2 heterocycles. The zero-order valence-electron chi connectivity index (χ0n) is 22.6. The number of amides is 1. The smallest absolute Gasteiger partial charge is 0.282 e. The fourth-order valence-corrected chi connectivity index (χ4v) is 6.11. The van der Waals surface area contributed by atoms with E-state index in [-0.39, 0.29) is 23.9 Å². The van der Waals surface area contributed by atoms with Crippen molar-refractivity contribution in [3.05, 3.63) is 104 Å². The Hall–Kier alpha value is -4.11. The second-order valence-corrected chi connectivity index (χ2v) is 11.4. The third kappa shape index (κ3) is 5.46. The number of fused-ring (bicyclic) bond motifs is 2. The maximum atomic E-state index is 13.8. The lowest BCUT2D eigenvalue weighted by Gasteiger charge is -2.22. The van der Waals surface area contributed by atoms with E-state index in [1.165, 1.54) is 23.2 Å². The third-order valence-electron chi connectivity index (χ3n) is 7.80. The highest BCUT2D eigenvalue weighted by molar-refractivity contribution is 9.10. The summed E-state index contributed by atoms with van der Waals surface area (Å²) in [6.45, 7) is 1.97. The van der Waals surface area contributed by atoms with E-state index in [1.54, 1.807) is 24.4 Å². The molecular weight excluding hydrogens is 585 g/mol. The van der Waals surface area contributed by atoms with Gasteiger partial charge in [-0.05, 0) is 62.2 Å². The Morgan fingerprint density at radius 2 is 1.88 bits per heavy atom. The number of benzene rings is 3. The largest absolute Gasteiger partial charge is 0.335 e. The minimum absolute atomic E-state index is 0.0372. The van der Waals surface area contributed by atoms with Gasteiger partial charge in [-0.15, -0.1) is 0 Å².